The average Bonchev–Trinajstić information content (AvgIpc) is 3.17. The van der Waals surface area contributed by atoms with Crippen LogP contribution >= 0.6 is 0 Å². The van der Waals surface area contributed by atoms with Crippen LogP contribution in [0.25, 0.3) is 0 Å². The van der Waals surface area contributed by atoms with Crippen molar-refractivity contribution in [2.24, 2.45) is 11.3 Å². The number of unbranched alkanes of at least 4 members (excludes halogenated alkanes) is 1. The van der Waals surface area contributed by atoms with Crippen molar-refractivity contribution < 1.29 is 23.8 Å². The molecule has 2 atom stereocenters. The van der Waals surface area contributed by atoms with E-state index in [-0.39, 0.29) is 29.1 Å². The Balaban J connectivity index is 2.38. The van der Waals surface area contributed by atoms with Gasteiger partial charge in [0.2, 0.25) is 17.6 Å². The Morgan fingerprint density at radius 1 is 1.06 bits per heavy atom. The number of hydrogen-bond donors (Lipinski definition) is 1. The van der Waals surface area contributed by atoms with Gasteiger partial charge in [0.1, 0.15) is 0 Å². The second-order valence-corrected chi connectivity index (χ2v) is 9.35. The van der Waals surface area contributed by atoms with Gasteiger partial charge in [-0.3, -0.25) is 9.59 Å². The number of methoxy groups -OCH3 is 3. The van der Waals surface area contributed by atoms with Crippen molar-refractivity contribution >= 4 is 11.8 Å². The fourth-order valence-electron chi connectivity index (χ4n) is 4.01. The smallest absolute Gasteiger partial charge is 0.225 e. The van der Waals surface area contributed by atoms with Crippen molar-refractivity contribution in [3.8, 4) is 17.2 Å². The van der Waals surface area contributed by atoms with Gasteiger partial charge in [-0.25, -0.2) is 0 Å². The van der Waals surface area contributed by atoms with E-state index in [1.807, 2.05) is 37.8 Å². The van der Waals surface area contributed by atoms with Crippen LogP contribution < -0.4 is 19.5 Å². The highest BCUT2D eigenvalue weighted by atomic mass is 16.5. The largest absolute Gasteiger partial charge is 0.493 e. The summed E-state index contributed by atoms with van der Waals surface area (Å²) in [6.45, 7) is 9.77. The summed E-state index contributed by atoms with van der Waals surface area (Å²) in [5, 5.41) is 3.05. The predicted molar refractivity (Wildman–Crippen MR) is 121 cm³/mol. The lowest BCUT2D eigenvalue weighted by Crippen LogP contribution is -2.36. The molecule has 2 unspecified atom stereocenters. The number of nitrogens with one attached hydrogen (secondary N) is 1. The van der Waals surface area contributed by atoms with Crippen LogP contribution in [0.3, 0.4) is 0 Å². The Kier molecular flexibility index (Phi) is 8.60. The summed E-state index contributed by atoms with van der Waals surface area (Å²) < 4.78 is 16.5. The first-order valence-electron chi connectivity index (χ1n) is 11.0. The topological polar surface area (TPSA) is 77.1 Å². The fourth-order valence-corrected chi connectivity index (χ4v) is 4.01. The van der Waals surface area contributed by atoms with Crippen LogP contribution in [0.15, 0.2) is 12.1 Å². The monoisotopic (exact) mass is 434 g/mol. The molecule has 1 fully saturated rings. The molecule has 0 spiro atoms. The molecule has 0 bridgehead atoms. The molecule has 1 aliphatic rings. The maximum absolute atomic E-state index is 13.1. The summed E-state index contributed by atoms with van der Waals surface area (Å²) in [6.07, 6.45) is 2.39. The second kappa shape index (κ2) is 10.7. The Labute approximate surface area is 186 Å². The molecule has 31 heavy (non-hydrogen) atoms. The van der Waals surface area contributed by atoms with Crippen LogP contribution in [0.2, 0.25) is 0 Å². The molecule has 174 valence electrons. The molecule has 7 heteroatoms. The number of ether oxygens (including phenoxy) is 3. The molecule has 1 N–H and O–H groups in total. The SMILES string of the molecule is CCCCNC(=O)C1CN(C(=O)CC(C)(C)C)CC1c1cc(OC)c(OC)c(OC)c1. The van der Waals surface area contributed by atoms with Crippen LogP contribution in [0.1, 0.15) is 58.4 Å². The van der Waals surface area contributed by atoms with E-state index in [4.69, 9.17) is 14.2 Å². The van der Waals surface area contributed by atoms with Crippen molar-refractivity contribution in [2.45, 2.75) is 52.9 Å². The first-order valence-corrected chi connectivity index (χ1v) is 11.0. The summed E-state index contributed by atoms with van der Waals surface area (Å²) in [4.78, 5) is 27.8. The number of benzene rings is 1. The van der Waals surface area contributed by atoms with Crippen molar-refractivity contribution in [1.82, 2.24) is 10.2 Å². The minimum Gasteiger partial charge on any atom is -0.493 e. The Hall–Kier alpha value is -2.44. The van der Waals surface area contributed by atoms with E-state index in [9.17, 15) is 9.59 Å². The van der Waals surface area contributed by atoms with Gasteiger partial charge in [-0.1, -0.05) is 34.1 Å². The van der Waals surface area contributed by atoms with E-state index in [0.717, 1.165) is 18.4 Å². The van der Waals surface area contributed by atoms with Gasteiger partial charge in [0, 0.05) is 32.0 Å². The zero-order valence-corrected chi connectivity index (χ0v) is 20.0. The van der Waals surface area contributed by atoms with Gasteiger partial charge in [0.05, 0.1) is 27.2 Å². The zero-order chi connectivity index (χ0) is 23.2. The quantitative estimate of drug-likeness (QED) is 0.601. The first-order chi connectivity index (χ1) is 14.6. The fraction of sp³-hybridized carbons (Fsp3) is 0.667. The summed E-state index contributed by atoms with van der Waals surface area (Å²) >= 11 is 0. The van der Waals surface area contributed by atoms with Gasteiger partial charge in [-0.05, 0) is 29.5 Å². The standard InChI is InChI=1S/C24H38N2O5/c1-8-9-10-25-23(28)18-15-26(21(27)13-24(2,3)4)14-17(18)16-11-19(29-5)22(31-7)20(12-16)30-6/h11-12,17-18H,8-10,13-15H2,1-7H3,(H,25,28). The molecule has 1 aliphatic heterocycles. The van der Waals surface area contributed by atoms with Gasteiger partial charge in [-0.2, -0.15) is 0 Å². The lowest BCUT2D eigenvalue weighted by Gasteiger charge is -2.23. The highest BCUT2D eigenvalue weighted by Gasteiger charge is 2.41. The lowest BCUT2D eigenvalue weighted by molar-refractivity contribution is -0.132. The van der Waals surface area contributed by atoms with E-state index < -0.39 is 0 Å². The minimum absolute atomic E-state index is 0.0155. The zero-order valence-electron chi connectivity index (χ0n) is 20.0. The molecule has 2 amide bonds. The number of hydrogen-bond acceptors (Lipinski definition) is 5. The predicted octanol–water partition coefficient (Wildman–Crippen LogP) is 3.61. The van der Waals surface area contributed by atoms with Crippen molar-refractivity contribution in [3.05, 3.63) is 17.7 Å². The van der Waals surface area contributed by atoms with E-state index in [0.29, 0.717) is 43.3 Å². The van der Waals surface area contributed by atoms with Gasteiger partial charge >= 0.3 is 0 Å². The van der Waals surface area contributed by atoms with Gasteiger partial charge in [0.25, 0.3) is 0 Å². The van der Waals surface area contributed by atoms with Gasteiger partial charge in [0.15, 0.2) is 11.5 Å². The molecule has 2 rings (SSSR count). The Morgan fingerprint density at radius 3 is 2.16 bits per heavy atom. The maximum Gasteiger partial charge on any atom is 0.225 e. The molecule has 0 saturated carbocycles. The highest BCUT2D eigenvalue weighted by Crippen LogP contribution is 2.43. The van der Waals surface area contributed by atoms with Crippen molar-refractivity contribution in [1.29, 1.82) is 0 Å². The molecule has 7 nitrogen and oxygen atoms in total. The summed E-state index contributed by atoms with van der Waals surface area (Å²) in [6, 6.07) is 3.77. The second-order valence-electron chi connectivity index (χ2n) is 9.35. The number of carbonyl (C=O) groups excluding carboxylic acids is 2. The molecule has 0 aromatic heterocycles. The van der Waals surface area contributed by atoms with Crippen LogP contribution in [-0.4, -0.2) is 57.7 Å². The number of amides is 2. The minimum atomic E-state index is -0.330. The molecule has 1 saturated heterocycles. The molecule has 1 aromatic carbocycles. The first kappa shape index (κ1) is 24.8. The van der Waals surface area contributed by atoms with E-state index in [2.05, 4.69) is 12.2 Å². The number of likely N-dealkylation sites (tertiary alicyclic amines) is 1. The molecule has 0 aliphatic carbocycles. The van der Waals surface area contributed by atoms with Crippen molar-refractivity contribution in [3.63, 3.8) is 0 Å². The Morgan fingerprint density at radius 2 is 1.68 bits per heavy atom. The van der Waals surface area contributed by atoms with Gasteiger partial charge in [-0.15, -0.1) is 0 Å². The highest BCUT2D eigenvalue weighted by molar-refractivity contribution is 5.83. The number of carbonyl (C=O) groups is 2. The third kappa shape index (κ3) is 6.28. The molecular formula is C24H38N2O5. The van der Waals surface area contributed by atoms with E-state index in [1.165, 1.54) is 0 Å². The Bertz CT molecular complexity index is 747. The van der Waals surface area contributed by atoms with Crippen molar-refractivity contribution in [2.75, 3.05) is 41.0 Å². The van der Waals surface area contributed by atoms with Crippen LogP contribution in [0.4, 0.5) is 0 Å². The lowest BCUT2D eigenvalue weighted by atomic mass is 9.87. The number of nitrogens with zero attached hydrogens (tertiary/aromatic N) is 1. The molecule has 1 heterocycles. The van der Waals surface area contributed by atoms with Crippen LogP contribution in [0, 0.1) is 11.3 Å². The molecule has 0 radical (unpaired) electrons. The molecule has 1 aromatic rings. The summed E-state index contributed by atoms with van der Waals surface area (Å²) in [5.41, 5.74) is 0.789. The van der Waals surface area contributed by atoms with Gasteiger partial charge < -0.3 is 24.4 Å². The normalized spacial score (nSPS) is 18.6. The van der Waals surface area contributed by atoms with E-state index >= 15 is 0 Å². The molecular weight excluding hydrogens is 396 g/mol. The third-order valence-electron chi connectivity index (χ3n) is 5.64. The third-order valence-corrected chi connectivity index (χ3v) is 5.64. The number of rotatable bonds is 9. The summed E-state index contributed by atoms with van der Waals surface area (Å²) in [5.74, 6) is 1.18. The average molecular weight is 435 g/mol. The van der Waals surface area contributed by atoms with Crippen LogP contribution in [-0.2, 0) is 9.59 Å². The summed E-state index contributed by atoms with van der Waals surface area (Å²) in [7, 11) is 4.71. The van der Waals surface area contributed by atoms with Crippen LogP contribution in [0.5, 0.6) is 17.2 Å². The van der Waals surface area contributed by atoms with E-state index in [1.54, 1.807) is 21.3 Å². The maximum atomic E-state index is 13.1.